The van der Waals surface area contributed by atoms with Crippen LogP contribution >= 0.6 is 35.6 Å². The smallest absolute Gasteiger partial charge is 0.226 e. The second-order valence-corrected chi connectivity index (χ2v) is 5.95. The third-order valence-electron chi connectivity index (χ3n) is 3.92. The third-order valence-corrected chi connectivity index (χ3v) is 4.75. The molecular formula is C14H17Cl3N2O. The monoisotopic (exact) mass is 334 g/mol. The molecule has 1 saturated carbocycles. The zero-order chi connectivity index (χ0) is 13.4. The topological polar surface area (TPSA) is 32.3 Å². The maximum absolute atomic E-state index is 12.4. The van der Waals surface area contributed by atoms with Gasteiger partial charge in [0.15, 0.2) is 0 Å². The first kappa shape index (κ1) is 15.9. The number of carbonyl (C=O) groups is 1. The Kier molecular flexibility index (Phi) is 5.19. The fourth-order valence-electron chi connectivity index (χ4n) is 2.74. The minimum atomic E-state index is 0. The van der Waals surface area contributed by atoms with Crippen molar-refractivity contribution in [3.8, 4) is 0 Å². The molecule has 1 amide bonds. The molecular weight excluding hydrogens is 319 g/mol. The molecule has 2 unspecified atom stereocenters. The van der Waals surface area contributed by atoms with Gasteiger partial charge in [-0.25, -0.2) is 0 Å². The van der Waals surface area contributed by atoms with Crippen molar-refractivity contribution in [3.63, 3.8) is 0 Å². The minimum Gasteiger partial charge on any atom is -0.340 e. The van der Waals surface area contributed by atoms with E-state index < -0.39 is 0 Å². The summed E-state index contributed by atoms with van der Waals surface area (Å²) in [6.45, 7) is 3.40. The molecule has 1 aromatic rings. The van der Waals surface area contributed by atoms with E-state index in [1.807, 2.05) is 17.0 Å². The highest BCUT2D eigenvalue weighted by molar-refractivity contribution is 6.42. The quantitative estimate of drug-likeness (QED) is 0.901. The second kappa shape index (κ2) is 6.52. The normalized spacial score (nSPS) is 25.0. The van der Waals surface area contributed by atoms with E-state index in [1.54, 1.807) is 6.07 Å². The van der Waals surface area contributed by atoms with E-state index in [-0.39, 0.29) is 30.2 Å². The standard InChI is InChI=1S/C14H16Cl2N2O.ClH/c15-12-3-1-2-9(13(12)16)10-8-11(10)14(19)18-6-4-17-5-7-18;/h1-3,10-11,17H,4-8H2;1H. The summed E-state index contributed by atoms with van der Waals surface area (Å²) in [4.78, 5) is 14.3. The van der Waals surface area contributed by atoms with Crippen LogP contribution in [0.3, 0.4) is 0 Å². The first-order valence-corrected chi connectivity index (χ1v) is 7.37. The summed E-state index contributed by atoms with van der Waals surface area (Å²) in [6, 6.07) is 5.65. The van der Waals surface area contributed by atoms with E-state index in [1.165, 1.54) is 0 Å². The summed E-state index contributed by atoms with van der Waals surface area (Å²) in [5.74, 6) is 0.602. The first-order chi connectivity index (χ1) is 9.18. The van der Waals surface area contributed by atoms with Crippen LogP contribution in [0.2, 0.25) is 10.0 Å². The van der Waals surface area contributed by atoms with Crippen molar-refractivity contribution in [1.82, 2.24) is 10.2 Å². The number of nitrogens with one attached hydrogen (secondary N) is 1. The Balaban J connectivity index is 0.00000147. The van der Waals surface area contributed by atoms with Crippen LogP contribution < -0.4 is 5.32 Å². The van der Waals surface area contributed by atoms with Gasteiger partial charge in [0.2, 0.25) is 5.91 Å². The summed E-state index contributed by atoms with van der Waals surface area (Å²) >= 11 is 12.2. The van der Waals surface area contributed by atoms with Crippen LogP contribution in [0.4, 0.5) is 0 Å². The van der Waals surface area contributed by atoms with Crippen molar-refractivity contribution < 1.29 is 4.79 Å². The Morgan fingerprint density at radius 2 is 1.95 bits per heavy atom. The number of nitrogens with zero attached hydrogens (tertiary/aromatic N) is 1. The van der Waals surface area contributed by atoms with Gasteiger partial charge in [-0.05, 0) is 24.0 Å². The number of hydrogen-bond acceptors (Lipinski definition) is 2. The van der Waals surface area contributed by atoms with E-state index >= 15 is 0 Å². The Morgan fingerprint density at radius 3 is 2.65 bits per heavy atom. The number of hydrogen-bond donors (Lipinski definition) is 1. The van der Waals surface area contributed by atoms with Crippen LogP contribution in [-0.2, 0) is 4.79 Å². The number of carbonyl (C=O) groups excluding carboxylic acids is 1. The molecule has 6 heteroatoms. The number of rotatable bonds is 2. The van der Waals surface area contributed by atoms with E-state index in [2.05, 4.69) is 5.32 Å². The highest BCUT2D eigenvalue weighted by atomic mass is 35.5. The molecule has 1 aliphatic heterocycles. The molecule has 20 heavy (non-hydrogen) atoms. The predicted octanol–water partition coefficient (Wildman–Crippen LogP) is 2.95. The molecule has 1 N–H and O–H groups in total. The predicted molar refractivity (Wildman–Crippen MR) is 84.0 cm³/mol. The molecule has 1 saturated heterocycles. The summed E-state index contributed by atoms with van der Waals surface area (Å²) in [7, 11) is 0. The molecule has 2 atom stereocenters. The maximum Gasteiger partial charge on any atom is 0.226 e. The van der Waals surface area contributed by atoms with Gasteiger partial charge < -0.3 is 10.2 Å². The Bertz CT molecular complexity index is 503. The lowest BCUT2D eigenvalue weighted by molar-refractivity contribution is -0.133. The van der Waals surface area contributed by atoms with Crippen molar-refractivity contribution in [2.75, 3.05) is 26.2 Å². The zero-order valence-electron chi connectivity index (χ0n) is 10.9. The Morgan fingerprint density at radius 1 is 1.25 bits per heavy atom. The van der Waals surface area contributed by atoms with Crippen LogP contribution in [-0.4, -0.2) is 37.0 Å². The Labute approximate surface area is 135 Å². The fourth-order valence-corrected chi connectivity index (χ4v) is 3.19. The number of piperazine rings is 1. The van der Waals surface area contributed by atoms with Crippen LogP contribution in [0.15, 0.2) is 18.2 Å². The second-order valence-electron chi connectivity index (χ2n) is 5.17. The van der Waals surface area contributed by atoms with Crippen molar-refractivity contribution in [2.24, 2.45) is 5.92 Å². The van der Waals surface area contributed by atoms with Gasteiger partial charge in [-0.2, -0.15) is 0 Å². The van der Waals surface area contributed by atoms with Gasteiger partial charge in [-0.15, -0.1) is 12.4 Å². The molecule has 2 aliphatic rings. The lowest BCUT2D eigenvalue weighted by atomic mass is 10.1. The number of amides is 1. The van der Waals surface area contributed by atoms with Gasteiger partial charge in [-0.1, -0.05) is 35.3 Å². The highest BCUT2D eigenvalue weighted by Gasteiger charge is 2.46. The van der Waals surface area contributed by atoms with Crippen LogP contribution in [0.5, 0.6) is 0 Å². The molecule has 0 radical (unpaired) electrons. The van der Waals surface area contributed by atoms with Crippen molar-refractivity contribution in [2.45, 2.75) is 12.3 Å². The largest absolute Gasteiger partial charge is 0.340 e. The summed E-state index contributed by atoms with van der Waals surface area (Å²) in [5.41, 5.74) is 1.02. The first-order valence-electron chi connectivity index (χ1n) is 6.62. The molecule has 0 spiro atoms. The van der Waals surface area contributed by atoms with Crippen LogP contribution in [0.1, 0.15) is 17.9 Å². The number of benzene rings is 1. The molecule has 2 fully saturated rings. The maximum atomic E-state index is 12.4. The van der Waals surface area contributed by atoms with Gasteiger partial charge in [0.05, 0.1) is 10.0 Å². The molecule has 3 rings (SSSR count). The molecule has 1 aromatic carbocycles. The highest BCUT2D eigenvalue weighted by Crippen LogP contribution is 2.51. The summed E-state index contributed by atoms with van der Waals surface area (Å²) in [5, 5.41) is 4.43. The van der Waals surface area contributed by atoms with Crippen LogP contribution in [0.25, 0.3) is 0 Å². The average Bonchev–Trinajstić information content (AvgIpc) is 3.22. The molecule has 3 nitrogen and oxygen atoms in total. The number of halogens is 3. The molecule has 110 valence electrons. The van der Waals surface area contributed by atoms with Crippen LogP contribution in [0, 0.1) is 5.92 Å². The summed E-state index contributed by atoms with van der Waals surface area (Å²) < 4.78 is 0. The zero-order valence-corrected chi connectivity index (χ0v) is 13.3. The lowest BCUT2D eigenvalue weighted by Gasteiger charge is -2.27. The molecule has 1 heterocycles. The molecule has 0 bridgehead atoms. The van der Waals surface area contributed by atoms with E-state index in [9.17, 15) is 4.79 Å². The third kappa shape index (κ3) is 3.06. The fraction of sp³-hybridized carbons (Fsp3) is 0.500. The Hall–Kier alpha value is -0.480. The molecule has 1 aliphatic carbocycles. The van der Waals surface area contributed by atoms with Gasteiger partial charge in [0.1, 0.15) is 0 Å². The average molecular weight is 336 g/mol. The van der Waals surface area contributed by atoms with Crippen molar-refractivity contribution >= 4 is 41.5 Å². The SMILES string of the molecule is Cl.O=C(C1CC1c1cccc(Cl)c1Cl)N1CCNCC1. The van der Waals surface area contributed by atoms with E-state index in [4.69, 9.17) is 23.2 Å². The van der Waals surface area contributed by atoms with E-state index in [0.717, 1.165) is 38.2 Å². The van der Waals surface area contributed by atoms with Gasteiger partial charge >= 0.3 is 0 Å². The van der Waals surface area contributed by atoms with E-state index in [0.29, 0.717) is 10.0 Å². The van der Waals surface area contributed by atoms with Gasteiger partial charge in [-0.3, -0.25) is 4.79 Å². The van der Waals surface area contributed by atoms with Gasteiger partial charge in [0, 0.05) is 32.1 Å². The minimum absolute atomic E-state index is 0. The van der Waals surface area contributed by atoms with Crippen molar-refractivity contribution in [1.29, 1.82) is 0 Å². The van der Waals surface area contributed by atoms with Gasteiger partial charge in [0.25, 0.3) is 0 Å². The lowest BCUT2D eigenvalue weighted by Crippen LogP contribution is -2.47. The summed E-state index contributed by atoms with van der Waals surface area (Å²) in [6.07, 6.45) is 0.892. The van der Waals surface area contributed by atoms with Crippen molar-refractivity contribution in [3.05, 3.63) is 33.8 Å². The molecule has 0 aromatic heterocycles.